The second-order valence-electron chi connectivity index (χ2n) is 2.59. The molecule has 0 aliphatic carbocycles. The van der Waals surface area contributed by atoms with Gasteiger partial charge in [-0.2, -0.15) is 0 Å². The SMILES string of the molecule is C[CH2][Ge][CH2]C.Pc1ccccc1P. The topological polar surface area (TPSA) is 0 Å². The van der Waals surface area contributed by atoms with Gasteiger partial charge in [-0.3, -0.25) is 0 Å². The Hall–Kier alpha value is 0.623. The van der Waals surface area contributed by atoms with Crippen LogP contribution in [0.1, 0.15) is 13.8 Å². The van der Waals surface area contributed by atoms with Crippen LogP contribution in [0, 0.1) is 0 Å². The van der Waals surface area contributed by atoms with Gasteiger partial charge in [-0.1, -0.05) is 24.3 Å². The van der Waals surface area contributed by atoms with Gasteiger partial charge in [-0.15, -0.1) is 18.5 Å². The smallest absolute Gasteiger partial charge is 0.0231 e. The summed E-state index contributed by atoms with van der Waals surface area (Å²) in [6, 6.07) is 8.17. The third-order valence-corrected chi connectivity index (χ3v) is 4.98. The Bertz CT molecular complexity index is 203. The van der Waals surface area contributed by atoms with E-state index in [1.54, 1.807) is 0 Å². The van der Waals surface area contributed by atoms with Crippen LogP contribution in [0.15, 0.2) is 24.3 Å². The maximum absolute atomic E-state index is 2.67. The Morgan fingerprint density at radius 2 is 1.38 bits per heavy atom. The molecule has 0 aliphatic rings. The summed E-state index contributed by atoms with van der Waals surface area (Å²) in [5.74, 6) is 0. The van der Waals surface area contributed by atoms with Crippen molar-refractivity contribution in [2.75, 3.05) is 0 Å². The van der Waals surface area contributed by atoms with Crippen LogP contribution in [-0.4, -0.2) is 15.4 Å². The van der Waals surface area contributed by atoms with Crippen LogP contribution in [0.25, 0.3) is 0 Å². The van der Waals surface area contributed by atoms with Gasteiger partial charge in [0.1, 0.15) is 0 Å². The number of benzene rings is 1. The van der Waals surface area contributed by atoms with Gasteiger partial charge in [-0.05, 0) is 10.6 Å². The maximum atomic E-state index is 2.67. The van der Waals surface area contributed by atoms with Gasteiger partial charge < -0.3 is 0 Å². The van der Waals surface area contributed by atoms with Crippen molar-refractivity contribution >= 4 is 44.5 Å². The summed E-state index contributed by atoms with van der Waals surface area (Å²) in [5, 5.41) is 5.43. The van der Waals surface area contributed by atoms with Crippen LogP contribution in [0.3, 0.4) is 0 Å². The monoisotopic (exact) mass is 274 g/mol. The third-order valence-electron chi connectivity index (χ3n) is 1.50. The summed E-state index contributed by atoms with van der Waals surface area (Å²) >= 11 is 0.528. The number of hydrogen-bond donors (Lipinski definition) is 0. The molecule has 2 atom stereocenters. The van der Waals surface area contributed by atoms with Gasteiger partial charge in [0, 0.05) is 0 Å². The van der Waals surface area contributed by atoms with E-state index < -0.39 is 0 Å². The van der Waals surface area contributed by atoms with Gasteiger partial charge in [0.05, 0.1) is 0 Å². The molecular weight excluding hydrogens is 255 g/mol. The van der Waals surface area contributed by atoms with Crippen molar-refractivity contribution in [3.8, 4) is 0 Å². The van der Waals surface area contributed by atoms with Crippen molar-refractivity contribution in [3.63, 3.8) is 0 Å². The fourth-order valence-corrected chi connectivity index (χ4v) is 2.22. The zero-order chi connectivity index (χ0) is 10.1. The predicted octanol–water partition coefficient (Wildman–Crippen LogP) is 2.25. The van der Waals surface area contributed by atoms with Gasteiger partial charge in [-0.25, -0.2) is 0 Å². The molecule has 2 unspecified atom stereocenters. The Labute approximate surface area is 93.2 Å². The normalized spacial score (nSPS) is 8.92. The Morgan fingerprint density at radius 3 is 1.54 bits per heavy atom. The van der Waals surface area contributed by atoms with E-state index >= 15 is 0 Å². The molecule has 0 bridgehead atoms. The summed E-state index contributed by atoms with van der Waals surface area (Å²) in [7, 11) is 5.33. The van der Waals surface area contributed by atoms with Crippen LogP contribution in [0.5, 0.6) is 0 Å². The minimum absolute atomic E-state index is 0.528. The zero-order valence-corrected chi connectivity index (χ0v) is 12.8. The molecule has 2 radical (unpaired) electrons. The molecule has 0 nitrogen and oxygen atoms in total. The maximum Gasteiger partial charge on any atom is -0.0231 e. The quantitative estimate of drug-likeness (QED) is 0.572. The van der Waals surface area contributed by atoms with E-state index in [4.69, 9.17) is 0 Å². The molecule has 1 aromatic rings. The molecule has 0 saturated carbocycles. The molecule has 0 heterocycles. The van der Waals surface area contributed by atoms with E-state index in [-0.39, 0.29) is 0 Å². The standard InChI is InChI=1S/C6H8P2.C4H10Ge/c7-5-3-1-2-4-6(5)8;1-3-5-4-2/h1-4H,7-8H2;3-4H2,1-2H3. The largest absolute Gasteiger partial charge is 0.105 e. The first kappa shape index (κ1) is 13.6. The molecule has 0 spiro atoms. The summed E-state index contributed by atoms with van der Waals surface area (Å²) in [6.07, 6.45) is 0. The number of rotatable bonds is 2. The van der Waals surface area contributed by atoms with Gasteiger partial charge in [0.25, 0.3) is 0 Å². The molecule has 0 fully saturated rings. The van der Waals surface area contributed by atoms with E-state index in [1.165, 1.54) is 21.1 Å². The molecule has 0 aromatic heterocycles. The zero-order valence-electron chi connectivity index (χ0n) is 8.38. The predicted molar refractivity (Wildman–Crippen MR) is 71.8 cm³/mol. The fourth-order valence-electron chi connectivity index (χ4n) is 0.761. The third kappa shape index (κ3) is 7.68. The molecule has 0 saturated heterocycles. The van der Waals surface area contributed by atoms with E-state index in [2.05, 4.69) is 44.5 Å². The minimum atomic E-state index is 0.528. The van der Waals surface area contributed by atoms with E-state index in [0.29, 0.717) is 15.4 Å². The Balaban J connectivity index is 0.000000252. The van der Waals surface area contributed by atoms with Crippen molar-refractivity contribution in [2.24, 2.45) is 0 Å². The van der Waals surface area contributed by atoms with E-state index in [9.17, 15) is 0 Å². The molecule has 1 rings (SSSR count). The first-order valence-electron chi connectivity index (χ1n) is 4.53. The fraction of sp³-hybridized carbons (Fsp3) is 0.400. The Kier molecular flexibility index (Phi) is 9.63. The van der Waals surface area contributed by atoms with Gasteiger partial charge in [0.15, 0.2) is 0 Å². The molecule has 3 heteroatoms. The summed E-state index contributed by atoms with van der Waals surface area (Å²) in [5.41, 5.74) is 0. The molecule has 0 N–H and O–H groups in total. The molecule has 1 aromatic carbocycles. The van der Waals surface area contributed by atoms with E-state index in [0.717, 1.165) is 0 Å². The van der Waals surface area contributed by atoms with Crippen molar-refractivity contribution < 1.29 is 0 Å². The first-order chi connectivity index (χ1) is 6.22. The second kappa shape index (κ2) is 9.19. The van der Waals surface area contributed by atoms with Crippen LogP contribution < -0.4 is 10.6 Å². The van der Waals surface area contributed by atoms with Crippen LogP contribution in [0.4, 0.5) is 0 Å². The van der Waals surface area contributed by atoms with E-state index in [1.807, 2.05) is 12.1 Å². The van der Waals surface area contributed by atoms with Crippen molar-refractivity contribution in [1.29, 1.82) is 0 Å². The average molecular weight is 273 g/mol. The molecule has 0 aliphatic heterocycles. The summed E-state index contributed by atoms with van der Waals surface area (Å²) in [4.78, 5) is 0. The molecular formula is C10H18GeP2. The van der Waals surface area contributed by atoms with Gasteiger partial charge >= 0.3 is 39.8 Å². The molecule has 13 heavy (non-hydrogen) atoms. The first-order valence-corrected chi connectivity index (χ1v) is 8.65. The summed E-state index contributed by atoms with van der Waals surface area (Å²) in [6.45, 7) is 4.53. The van der Waals surface area contributed by atoms with Crippen molar-refractivity contribution in [2.45, 2.75) is 24.4 Å². The van der Waals surface area contributed by atoms with Crippen LogP contribution in [0.2, 0.25) is 10.5 Å². The average Bonchev–Trinajstić information content (AvgIpc) is 2.13. The van der Waals surface area contributed by atoms with Gasteiger partial charge in [0.2, 0.25) is 0 Å². The minimum Gasteiger partial charge on any atom is -0.105 e. The van der Waals surface area contributed by atoms with Crippen LogP contribution in [-0.2, 0) is 0 Å². The van der Waals surface area contributed by atoms with Crippen LogP contribution >= 0.6 is 18.5 Å². The molecule has 0 amide bonds. The summed E-state index contributed by atoms with van der Waals surface area (Å²) < 4.78 is 0. The molecule has 72 valence electrons. The Morgan fingerprint density at radius 1 is 1.00 bits per heavy atom. The van der Waals surface area contributed by atoms with Crippen molar-refractivity contribution in [1.82, 2.24) is 0 Å². The second-order valence-corrected chi connectivity index (χ2v) is 7.85. The van der Waals surface area contributed by atoms with Crippen molar-refractivity contribution in [3.05, 3.63) is 24.3 Å². The number of hydrogen-bond acceptors (Lipinski definition) is 0.